The van der Waals surface area contributed by atoms with Gasteiger partial charge in [0.2, 0.25) is 0 Å². The molecule has 0 radical (unpaired) electrons. The number of nitrogens with one attached hydrogen (secondary N) is 2. The molecule has 0 fully saturated rings. The van der Waals surface area contributed by atoms with Crippen LogP contribution in [-0.2, 0) is 20.7 Å². The third-order valence-corrected chi connectivity index (χ3v) is 4.35. The number of esters is 1. The van der Waals surface area contributed by atoms with Crippen LogP contribution in [-0.4, -0.2) is 43.7 Å². The highest BCUT2D eigenvalue weighted by Gasteiger charge is 2.23. The normalized spacial score (nSPS) is 11.6. The molecular formula is C21H22N2O5. The number of methoxy groups -OCH3 is 2. The van der Waals surface area contributed by atoms with Crippen LogP contribution in [0.1, 0.15) is 5.56 Å². The SMILES string of the molecule is COC(=O)[C@@H](Cc1c[nH]c2ccccc12)NC(=O)COc1ccc(OC)cc1. The van der Waals surface area contributed by atoms with E-state index in [0.717, 1.165) is 16.5 Å². The smallest absolute Gasteiger partial charge is 0.328 e. The lowest BCUT2D eigenvalue weighted by Crippen LogP contribution is -2.44. The molecule has 1 heterocycles. The second-order valence-corrected chi connectivity index (χ2v) is 6.17. The number of benzene rings is 2. The fourth-order valence-electron chi connectivity index (χ4n) is 2.91. The van der Waals surface area contributed by atoms with Gasteiger partial charge in [-0.3, -0.25) is 4.79 Å². The van der Waals surface area contributed by atoms with Crippen LogP contribution >= 0.6 is 0 Å². The largest absolute Gasteiger partial charge is 0.497 e. The molecule has 1 atom stereocenters. The molecule has 0 aliphatic carbocycles. The van der Waals surface area contributed by atoms with Gasteiger partial charge in [0.1, 0.15) is 17.5 Å². The highest BCUT2D eigenvalue weighted by atomic mass is 16.5. The summed E-state index contributed by atoms with van der Waals surface area (Å²) in [5, 5.41) is 3.69. The summed E-state index contributed by atoms with van der Waals surface area (Å²) in [6.07, 6.45) is 2.14. The molecule has 0 spiro atoms. The summed E-state index contributed by atoms with van der Waals surface area (Å²) in [5.41, 5.74) is 1.89. The molecule has 7 nitrogen and oxygen atoms in total. The summed E-state index contributed by atoms with van der Waals surface area (Å²) in [6.45, 7) is -0.215. The molecule has 0 unspecified atom stereocenters. The third-order valence-electron chi connectivity index (χ3n) is 4.35. The van der Waals surface area contributed by atoms with Crippen LogP contribution in [0.15, 0.2) is 54.7 Å². The summed E-state index contributed by atoms with van der Waals surface area (Å²) >= 11 is 0. The molecule has 146 valence electrons. The van der Waals surface area contributed by atoms with E-state index in [1.165, 1.54) is 7.11 Å². The quantitative estimate of drug-likeness (QED) is 0.584. The molecular weight excluding hydrogens is 360 g/mol. The first-order chi connectivity index (χ1) is 13.6. The standard InChI is InChI=1S/C21H22N2O5/c1-26-15-7-9-16(10-8-15)28-13-20(24)23-19(21(25)27-2)11-14-12-22-18-6-4-3-5-17(14)18/h3-10,12,19,22H,11,13H2,1-2H3,(H,23,24)/t19-/m1/s1. The lowest BCUT2D eigenvalue weighted by Gasteiger charge is -2.16. The topological polar surface area (TPSA) is 89.7 Å². The van der Waals surface area contributed by atoms with Gasteiger partial charge in [0.15, 0.2) is 6.61 Å². The van der Waals surface area contributed by atoms with E-state index in [1.807, 2.05) is 30.5 Å². The highest BCUT2D eigenvalue weighted by Crippen LogP contribution is 2.20. The van der Waals surface area contributed by atoms with E-state index in [1.54, 1.807) is 31.4 Å². The van der Waals surface area contributed by atoms with Crippen LogP contribution in [0.25, 0.3) is 10.9 Å². The predicted octanol–water partition coefficient (Wildman–Crippen LogP) is 2.46. The number of amides is 1. The number of rotatable bonds is 8. The number of carbonyl (C=O) groups is 2. The van der Waals surface area contributed by atoms with Crippen LogP contribution < -0.4 is 14.8 Å². The number of para-hydroxylation sites is 1. The molecule has 7 heteroatoms. The number of H-pyrrole nitrogens is 1. The van der Waals surface area contributed by atoms with Gasteiger partial charge in [-0.15, -0.1) is 0 Å². The van der Waals surface area contributed by atoms with Crippen molar-refractivity contribution in [1.29, 1.82) is 0 Å². The zero-order chi connectivity index (χ0) is 19.9. The number of fused-ring (bicyclic) bond motifs is 1. The number of hydrogen-bond acceptors (Lipinski definition) is 5. The molecule has 0 saturated heterocycles. The molecule has 1 aromatic heterocycles. The molecule has 2 aromatic carbocycles. The third kappa shape index (κ3) is 4.62. The summed E-state index contributed by atoms with van der Waals surface area (Å²) in [5.74, 6) is 0.303. The van der Waals surface area contributed by atoms with Crippen LogP contribution in [0.4, 0.5) is 0 Å². The van der Waals surface area contributed by atoms with E-state index in [-0.39, 0.29) is 6.61 Å². The van der Waals surface area contributed by atoms with Crippen molar-refractivity contribution in [3.8, 4) is 11.5 Å². The maximum absolute atomic E-state index is 12.3. The average Bonchev–Trinajstić information content (AvgIpc) is 3.14. The van der Waals surface area contributed by atoms with Crippen molar-refractivity contribution in [2.75, 3.05) is 20.8 Å². The molecule has 28 heavy (non-hydrogen) atoms. The Bertz CT molecular complexity index is 949. The molecule has 0 saturated carbocycles. The van der Waals surface area contributed by atoms with Crippen molar-refractivity contribution in [3.05, 3.63) is 60.3 Å². The van der Waals surface area contributed by atoms with Gasteiger partial charge in [-0.25, -0.2) is 4.79 Å². The van der Waals surface area contributed by atoms with Crippen molar-refractivity contribution in [2.45, 2.75) is 12.5 Å². The van der Waals surface area contributed by atoms with E-state index in [0.29, 0.717) is 17.9 Å². The fourth-order valence-corrected chi connectivity index (χ4v) is 2.91. The molecule has 3 rings (SSSR count). The Morgan fingerprint density at radius 2 is 1.75 bits per heavy atom. The van der Waals surface area contributed by atoms with Crippen LogP contribution in [0, 0.1) is 0 Å². The minimum atomic E-state index is -0.809. The summed E-state index contributed by atoms with van der Waals surface area (Å²) in [7, 11) is 2.87. The summed E-state index contributed by atoms with van der Waals surface area (Å²) < 4.78 is 15.4. The Morgan fingerprint density at radius 1 is 1.04 bits per heavy atom. The van der Waals surface area contributed by atoms with E-state index in [9.17, 15) is 9.59 Å². The van der Waals surface area contributed by atoms with Gasteiger partial charge in [0, 0.05) is 23.5 Å². The van der Waals surface area contributed by atoms with Gasteiger partial charge >= 0.3 is 5.97 Å². The number of carbonyl (C=O) groups excluding carboxylic acids is 2. The number of ether oxygens (including phenoxy) is 3. The number of hydrogen-bond donors (Lipinski definition) is 2. The number of aromatic amines is 1. The van der Waals surface area contributed by atoms with Crippen LogP contribution in [0.2, 0.25) is 0 Å². The molecule has 3 aromatic rings. The van der Waals surface area contributed by atoms with Gasteiger partial charge in [-0.1, -0.05) is 18.2 Å². The van der Waals surface area contributed by atoms with Crippen molar-refractivity contribution in [1.82, 2.24) is 10.3 Å². The first kappa shape index (κ1) is 19.3. The van der Waals surface area contributed by atoms with Crippen molar-refractivity contribution in [2.24, 2.45) is 0 Å². The van der Waals surface area contributed by atoms with Crippen LogP contribution in [0.5, 0.6) is 11.5 Å². The average molecular weight is 382 g/mol. The van der Waals surface area contributed by atoms with Gasteiger partial charge in [0.05, 0.1) is 14.2 Å². The zero-order valence-electron chi connectivity index (χ0n) is 15.7. The Balaban J connectivity index is 1.63. The second kappa shape index (κ2) is 8.94. The first-order valence-corrected chi connectivity index (χ1v) is 8.79. The lowest BCUT2D eigenvalue weighted by atomic mass is 10.0. The molecule has 1 amide bonds. The minimum Gasteiger partial charge on any atom is -0.497 e. The van der Waals surface area contributed by atoms with Gasteiger partial charge in [-0.05, 0) is 35.9 Å². The Hall–Kier alpha value is -3.48. The Morgan fingerprint density at radius 3 is 2.46 bits per heavy atom. The van der Waals surface area contributed by atoms with E-state index in [4.69, 9.17) is 14.2 Å². The van der Waals surface area contributed by atoms with Crippen molar-refractivity contribution < 1.29 is 23.8 Å². The first-order valence-electron chi connectivity index (χ1n) is 8.79. The maximum Gasteiger partial charge on any atom is 0.328 e. The zero-order valence-corrected chi connectivity index (χ0v) is 15.7. The highest BCUT2D eigenvalue weighted by molar-refractivity contribution is 5.87. The molecule has 0 aliphatic heterocycles. The fraction of sp³-hybridized carbons (Fsp3) is 0.238. The van der Waals surface area contributed by atoms with E-state index < -0.39 is 17.9 Å². The lowest BCUT2D eigenvalue weighted by molar-refractivity contribution is -0.145. The van der Waals surface area contributed by atoms with E-state index in [2.05, 4.69) is 10.3 Å². The molecule has 0 bridgehead atoms. The minimum absolute atomic E-state index is 0.215. The van der Waals surface area contributed by atoms with Gasteiger partial charge in [-0.2, -0.15) is 0 Å². The van der Waals surface area contributed by atoms with Crippen molar-refractivity contribution >= 4 is 22.8 Å². The molecule has 0 aliphatic rings. The van der Waals surface area contributed by atoms with Gasteiger partial charge < -0.3 is 24.5 Å². The number of aromatic nitrogens is 1. The second-order valence-electron chi connectivity index (χ2n) is 6.17. The molecule has 2 N–H and O–H groups in total. The summed E-state index contributed by atoms with van der Waals surface area (Å²) in [4.78, 5) is 27.6. The monoisotopic (exact) mass is 382 g/mol. The maximum atomic E-state index is 12.3. The Labute approximate surface area is 162 Å². The summed E-state index contributed by atoms with van der Waals surface area (Å²) in [6, 6.07) is 13.8. The predicted molar refractivity (Wildman–Crippen MR) is 104 cm³/mol. The Kier molecular flexibility index (Phi) is 6.16. The van der Waals surface area contributed by atoms with Crippen molar-refractivity contribution in [3.63, 3.8) is 0 Å². The van der Waals surface area contributed by atoms with E-state index >= 15 is 0 Å². The van der Waals surface area contributed by atoms with Gasteiger partial charge in [0.25, 0.3) is 5.91 Å². The van der Waals surface area contributed by atoms with Crippen LogP contribution in [0.3, 0.4) is 0 Å².